The molecule has 0 aliphatic heterocycles. The van der Waals surface area contributed by atoms with Crippen molar-refractivity contribution in [3.63, 3.8) is 0 Å². The van der Waals surface area contributed by atoms with Crippen molar-refractivity contribution >= 4 is 17.4 Å². The van der Waals surface area contributed by atoms with E-state index >= 15 is 0 Å². The highest BCUT2D eigenvalue weighted by molar-refractivity contribution is 5.81. The SMILES string of the molecule is CCCn1c(N)c(NCC(=O)NC(C)C)c(=O)n(C)c1=O. The smallest absolute Gasteiger partial charge is 0.332 e. The molecule has 21 heavy (non-hydrogen) atoms. The van der Waals surface area contributed by atoms with E-state index < -0.39 is 11.2 Å². The molecule has 0 aromatic carbocycles. The average molecular weight is 297 g/mol. The standard InChI is InChI=1S/C13H23N5O3/c1-5-6-18-11(14)10(12(20)17(4)13(18)21)15-7-9(19)16-8(2)3/h8,15H,5-7,14H2,1-4H3,(H,16,19). The lowest BCUT2D eigenvalue weighted by Gasteiger charge is -2.16. The molecule has 0 radical (unpaired) electrons. The molecule has 0 unspecified atom stereocenters. The molecule has 0 fully saturated rings. The zero-order valence-electron chi connectivity index (χ0n) is 12.9. The van der Waals surface area contributed by atoms with Crippen LogP contribution in [0.15, 0.2) is 9.59 Å². The quantitative estimate of drug-likeness (QED) is 0.654. The number of hydrogen-bond acceptors (Lipinski definition) is 5. The van der Waals surface area contributed by atoms with E-state index in [0.717, 1.165) is 4.57 Å². The number of amides is 1. The van der Waals surface area contributed by atoms with Crippen LogP contribution in [0.2, 0.25) is 0 Å². The van der Waals surface area contributed by atoms with Gasteiger partial charge in [0.25, 0.3) is 5.56 Å². The van der Waals surface area contributed by atoms with Crippen molar-refractivity contribution in [1.29, 1.82) is 0 Å². The third kappa shape index (κ3) is 3.87. The number of carbonyl (C=O) groups is 1. The Morgan fingerprint density at radius 2 is 1.95 bits per heavy atom. The van der Waals surface area contributed by atoms with Crippen molar-refractivity contribution in [3.05, 3.63) is 20.8 Å². The Balaban J connectivity index is 3.10. The van der Waals surface area contributed by atoms with Gasteiger partial charge >= 0.3 is 5.69 Å². The second kappa shape index (κ2) is 6.96. The van der Waals surface area contributed by atoms with E-state index in [1.54, 1.807) is 0 Å². The van der Waals surface area contributed by atoms with Crippen molar-refractivity contribution in [1.82, 2.24) is 14.5 Å². The second-order valence-electron chi connectivity index (χ2n) is 5.13. The third-order valence-corrected chi connectivity index (χ3v) is 2.91. The van der Waals surface area contributed by atoms with E-state index in [4.69, 9.17) is 5.73 Å². The minimum Gasteiger partial charge on any atom is -0.383 e. The minimum atomic E-state index is -0.540. The third-order valence-electron chi connectivity index (χ3n) is 2.91. The van der Waals surface area contributed by atoms with Gasteiger partial charge in [0, 0.05) is 19.6 Å². The molecule has 0 saturated heterocycles. The molecule has 118 valence electrons. The van der Waals surface area contributed by atoms with Crippen molar-refractivity contribution in [2.75, 3.05) is 17.6 Å². The van der Waals surface area contributed by atoms with Gasteiger partial charge in [-0.3, -0.25) is 18.7 Å². The van der Waals surface area contributed by atoms with Crippen LogP contribution in [0.1, 0.15) is 27.2 Å². The van der Waals surface area contributed by atoms with E-state index in [1.165, 1.54) is 11.6 Å². The number of rotatable bonds is 6. The Morgan fingerprint density at radius 1 is 1.33 bits per heavy atom. The van der Waals surface area contributed by atoms with Crippen LogP contribution < -0.4 is 27.6 Å². The fourth-order valence-electron chi connectivity index (χ4n) is 1.93. The van der Waals surface area contributed by atoms with Gasteiger partial charge in [-0.25, -0.2) is 4.79 Å². The molecule has 0 aliphatic carbocycles. The number of anilines is 2. The summed E-state index contributed by atoms with van der Waals surface area (Å²) in [5.41, 5.74) is 4.96. The molecule has 4 N–H and O–H groups in total. The second-order valence-corrected chi connectivity index (χ2v) is 5.13. The van der Waals surface area contributed by atoms with E-state index in [0.29, 0.717) is 13.0 Å². The van der Waals surface area contributed by atoms with Crippen LogP contribution >= 0.6 is 0 Å². The first-order valence-electron chi connectivity index (χ1n) is 6.92. The summed E-state index contributed by atoms with van der Waals surface area (Å²) in [6, 6.07) is 0.00789. The van der Waals surface area contributed by atoms with Gasteiger partial charge in [-0.15, -0.1) is 0 Å². The summed E-state index contributed by atoms with van der Waals surface area (Å²) in [4.78, 5) is 35.7. The fraction of sp³-hybridized carbons (Fsp3) is 0.615. The first-order valence-corrected chi connectivity index (χ1v) is 6.92. The number of nitrogens with one attached hydrogen (secondary N) is 2. The Bertz CT molecular complexity index is 630. The fourth-order valence-corrected chi connectivity index (χ4v) is 1.93. The van der Waals surface area contributed by atoms with Crippen LogP contribution in [0.5, 0.6) is 0 Å². The van der Waals surface area contributed by atoms with Gasteiger partial charge in [-0.05, 0) is 20.3 Å². The number of aromatic nitrogens is 2. The lowest BCUT2D eigenvalue weighted by molar-refractivity contribution is -0.119. The Kier molecular flexibility index (Phi) is 5.57. The topological polar surface area (TPSA) is 111 Å². The largest absolute Gasteiger partial charge is 0.383 e. The predicted molar refractivity (Wildman–Crippen MR) is 82.4 cm³/mol. The zero-order valence-corrected chi connectivity index (χ0v) is 12.9. The van der Waals surface area contributed by atoms with Crippen molar-refractivity contribution in [2.24, 2.45) is 7.05 Å². The summed E-state index contributed by atoms with van der Waals surface area (Å²) in [6.07, 6.45) is 0.704. The highest BCUT2D eigenvalue weighted by Gasteiger charge is 2.15. The molecule has 8 heteroatoms. The minimum absolute atomic E-state index is 0.00789. The van der Waals surface area contributed by atoms with E-state index in [9.17, 15) is 14.4 Å². The van der Waals surface area contributed by atoms with Crippen molar-refractivity contribution in [2.45, 2.75) is 39.8 Å². The Morgan fingerprint density at radius 3 is 2.48 bits per heavy atom. The number of nitrogen functional groups attached to an aromatic ring is 1. The molecule has 1 rings (SSSR count). The van der Waals surface area contributed by atoms with E-state index in [2.05, 4.69) is 10.6 Å². The maximum absolute atomic E-state index is 12.1. The molecule has 1 heterocycles. The molecular weight excluding hydrogens is 274 g/mol. The lowest BCUT2D eigenvalue weighted by Crippen LogP contribution is -2.42. The van der Waals surface area contributed by atoms with Crippen LogP contribution in [-0.2, 0) is 18.4 Å². The average Bonchev–Trinajstić information content (AvgIpc) is 2.40. The van der Waals surface area contributed by atoms with E-state index in [1.807, 2.05) is 20.8 Å². The maximum atomic E-state index is 12.1. The van der Waals surface area contributed by atoms with Crippen molar-refractivity contribution < 1.29 is 4.79 Å². The number of hydrogen-bond donors (Lipinski definition) is 3. The van der Waals surface area contributed by atoms with Gasteiger partial charge in [-0.1, -0.05) is 6.92 Å². The molecule has 0 atom stereocenters. The normalized spacial score (nSPS) is 10.7. The highest BCUT2D eigenvalue weighted by Crippen LogP contribution is 2.10. The first-order chi connectivity index (χ1) is 9.79. The van der Waals surface area contributed by atoms with Crippen LogP contribution in [0.25, 0.3) is 0 Å². The zero-order chi connectivity index (χ0) is 16.2. The van der Waals surface area contributed by atoms with Crippen molar-refractivity contribution in [3.8, 4) is 0 Å². The monoisotopic (exact) mass is 297 g/mol. The molecule has 0 aliphatic rings. The summed E-state index contributed by atoms with van der Waals surface area (Å²) in [5.74, 6) is -0.193. The lowest BCUT2D eigenvalue weighted by atomic mass is 10.3. The number of carbonyl (C=O) groups excluding carboxylic acids is 1. The molecule has 0 saturated carbocycles. The van der Waals surface area contributed by atoms with Gasteiger partial charge in [0.1, 0.15) is 11.5 Å². The Hall–Kier alpha value is -2.25. The molecule has 1 aromatic rings. The Labute approximate surface area is 122 Å². The summed E-state index contributed by atoms with van der Waals surface area (Å²) in [7, 11) is 1.38. The summed E-state index contributed by atoms with van der Waals surface area (Å²) in [5, 5.41) is 5.42. The molecular formula is C13H23N5O3. The van der Waals surface area contributed by atoms with Gasteiger partial charge in [0.05, 0.1) is 6.54 Å². The molecule has 8 nitrogen and oxygen atoms in total. The molecule has 1 aromatic heterocycles. The van der Waals surface area contributed by atoms with Crippen LogP contribution in [0.4, 0.5) is 11.5 Å². The number of nitrogens with two attached hydrogens (primary N) is 1. The van der Waals surface area contributed by atoms with Gasteiger partial charge < -0.3 is 16.4 Å². The molecule has 0 bridgehead atoms. The predicted octanol–water partition coefficient (Wildman–Crippen LogP) is -0.524. The summed E-state index contributed by atoms with van der Waals surface area (Å²) in [6.45, 7) is 5.91. The van der Waals surface area contributed by atoms with E-state index in [-0.39, 0.29) is 30.0 Å². The van der Waals surface area contributed by atoms with Crippen LogP contribution in [-0.4, -0.2) is 27.6 Å². The molecule has 0 spiro atoms. The molecule has 1 amide bonds. The van der Waals surface area contributed by atoms with Gasteiger partial charge in [-0.2, -0.15) is 0 Å². The van der Waals surface area contributed by atoms with Crippen LogP contribution in [0, 0.1) is 0 Å². The van der Waals surface area contributed by atoms with Crippen LogP contribution in [0.3, 0.4) is 0 Å². The first kappa shape index (κ1) is 16.8. The summed E-state index contributed by atoms with van der Waals surface area (Å²) >= 11 is 0. The van der Waals surface area contributed by atoms with Gasteiger partial charge in [0.2, 0.25) is 5.91 Å². The summed E-state index contributed by atoms with van der Waals surface area (Å²) < 4.78 is 2.30. The number of nitrogens with zero attached hydrogens (tertiary/aromatic N) is 2. The highest BCUT2D eigenvalue weighted by atomic mass is 16.2. The van der Waals surface area contributed by atoms with Gasteiger partial charge in [0.15, 0.2) is 0 Å². The maximum Gasteiger partial charge on any atom is 0.332 e.